The van der Waals surface area contributed by atoms with Crippen molar-refractivity contribution in [3.05, 3.63) is 27.7 Å². The Balaban J connectivity index is 3.04. The van der Waals surface area contributed by atoms with Crippen LogP contribution < -0.4 is 17.0 Å². The van der Waals surface area contributed by atoms with Gasteiger partial charge in [0.05, 0.1) is 12.2 Å². The first kappa shape index (κ1) is 10.2. The number of nitrogens with two attached hydrogens (primary N) is 2. The van der Waals surface area contributed by atoms with E-state index in [0.717, 1.165) is 5.56 Å². The maximum atomic E-state index is 11.1. The Labute approximate surface area is 81.2 Å². The highest BCUT2D eigenvalue weighted by atomic mass is 16.1. The van der Waals surface area contributed by atoms with Gasteiger partial charge in [0.15, 0.2) is 5.96 Å². The molecule has 0 radical (unpaired) electrons. The van der Waals surface area contributed by atoms with Crippen molar-refractivity contribution in [3.8, 4) is 0 Å². The fourth-order valence-electron chi connectivity index (χ4n) is 0.994. The summed E-state index contributed by atoms with van der Waals surface area (Å²) < 4.78 is 1.25. The first-order valence-electron chi connectivity index (χ1n) is 4.10. The summed E-state index contributed by atoms with van der Waals surface area (Å²) in [5.41, 5.74) is 11.7. The molecule has 0 bridgehead atoms. The van der Waals surface area contributed by atoms with Crippen molar-refractivity contribution in [1.82, 2.24) is 9.78 Å². The van der Waals surface area contributed by atoms with Crippen molar-refractivity contribution in [2.24, 2.45) is 23.5 Å². The first-order valence-corrected chi connectivity index (χ1v) is 4.10. The van der Waals surface area contributed by atoms with Crippen LogP contribution in [0.5, 0.6) is 0 Å². The molecule has 1 aromatic heterocycles. The van der Waals surface area contributed by atoms with Crippen LogP contribution in [0.4, 0.5) is 0 Å². The van der Waals surface area contributed by atoms with E-state index in [1.165, 1.54) is 10.7 Å². The Hall–Kier alpha value is -1.85. The van der Waals surface area contributed by atoms with Gasteiger partial charge in [-0.15, -0.1) is 0 Å². The number of rotatable bonds is 2. The van der Waals surface area contributed by atoms with E-state index in [9.17, 15) is 4.79 Å². The van der Waals surface area contributed by atoms with Crippen LogP contribution in [0.2, 0.25) is 0 Å². The third kappa shape index (κ3) is 2.32. The van der Waals surface area contributed by atoms with Crippen molar-refractivity contribution < 1.29 is 0 Å². The molecule has 0 saturated heterocycles. The average Bonchev–Trinajstić information content (AvgIpc) is 2.09. The van der Waals surface area contributed by atoms with E-state index >= 15 is 0 Å². The molecular weight excluding hydrogens is 182 g/mol. The third-order valence-electron chi connectivity index (χ3n) is 1.80. The highest BCUT2D eigenvalue weighted by Crippen LogP contribution is 2.01. The van der Waals surface area contributed by atoms with Crippen molar-refractivity contribution in [3.63, 3.8) is 0 Å². The van der Waals surface area contributed by atoms with E-state index < -0.39 is 0 Å². The second-order valence-electron chi connectivity index (χ2n) is 2.98. The van der Waals surface area contributed by atoms with Gasteiger partial charge in [-0.25, -0.2) is 9.67 Å². The zero-order valence-corrected chi connectivity index (χ0v) is 8.19. The minimum atomic E-state index is -0.143. The summed E-state index contributed by atoms with van der Waals surface area (Å²) in [4.78, 5) is 15.0. The van der Waals surface area contributed by atoms with E-state index in [1.807, 2.05) is 0 Å². The van der Waals surface area contributed by atoms with Gasteiger partial charge in [0.25, 0.3) is 5.56 Å². The van der Waals surface area contributed by atoms with Gasteiger partial charge in [0, 0.05) is 13.1 Å². The molecule has 1 aromatic rings. The summed E-state index contributed by atoms with van der Waals surface area (Å²) in [5.74, 6) is 0.0139. The van der Waals surface area contributed by atoms with Crippen LogP contribution in [-0.4, -0.2) is 15.7 Å². The van der Waals surface area contributed by atoms with Crippen LogP contribution >= 0.6 is 0 Å². The predicted octanol–water partition coefficient (Wildman–Crippen LogP) is -1.14. The second-order valence-corrected chi connectivity index (χ2v) is 2.98. The quantitative estimate of drug-likeness (QED) is 0.460. The normalized spacial score (nSPS) is 9.86. The lowest BCUT2D eigenvalue weighted by atomic mass is 10.2. The largest absolute Gasteiger partial charge is 0.370 e. The topological polar surface area (TPSA) is 99.3 Å². The molecule has 4 N–H and O–H groups in total. The Morgan fingerprint density at radius 2 is 2.29 bits per heavy atom. The molecule has 6 heteroatoms. The van der Waals surface area contributed by atoms with E-state index in [2.05, 4.69) is 10.1 Å². The molecule has 0 aromatic carbocycles. The van der Waals surface area contributed by atoms with Gasteiger partial charge in [-0.3, -0.25) is 4.79 Å². The summed E-state index contributed by atoms with van der Waals surface area (Å²) in [6.07, 6.45) is 0. The molecule has 0 saturated carbocycles. The molecule has 14 heavy (non-hydrogen) atoms. The summed E-state index contributed by atoms with van der Waals surface area (Å²) in [7, 11) is 1.58. The fourth-order valence-corrected chi connectivity index (χ4v) is 0.994. The molecule has 0 amide bonds. The van der Waals surface area contributed by atoms with Crippen LogP contribution in [0.3, 0.4) is 0 Å². The molecule has 0 fully saturated rings. The number of guanidine groups is 1. The average molecular weight is 195 g/mol. The molecule has 6 nitrogen and oxygen atoms in total. The number of nitrogens with zero attached hydrogens (tertiary/aromatic N) is 3. The zero-order valence-electron chi connectivity index (χ0n) is 8.19. The van der Waals surface area contributed by atoms with Crippen molar-refractivity contribution in [2.45, 2.75) is 13.5 Å². The summed E-state index contributed by atoms with van der Waals surface area (Å²) in [6.45, 7) is 2.09. The van der Waals surface area contributed by atoms with Crippen LogP contribution in [-0.2, 0) is 13.6 Å². The van der Waals surface area contributed by atoms with Crippen molar-refractivity contribution in [2.75, 3.05) is 0 Å². The lowest BCUT2D eigenvalue weighted by Gasteiger charge is -2.03. The number of hydrogen-bond donors (Lipinski definition) is 2. The Kier molecular flexibility index (Phi) is 2.85. The number of aliphatic imine (C=N–C) groups is 1. The number of aromatic nitrogens is 2. The Morgan fingerprint density at radius 1 is 1.64 bits per heavy atom. The standard InChI is InChI=1S/C8H13N5O/c1-5-3-7(14)13(2)12-6(5)4-11-8(9)10/h3H,4H2,1-2H3,(H4,9,10,11). The molecule has 0 spiro atoms. The molecule has 0 aliphatic heterocycles. The van der Waals surface area contributed by atoms with Crippen LogP contribution in [0.25, 0.3) is 0 Å². The molecule has 1 heterocycles. The van der Waals surface area contributed by atoms with Crippen LogP contribution in [0.1, 0.15) is 11.3 Å². The predicted molar refractivity (Wildman–Crippen MR) is 53.7 cm³/mol. The minimum Gasteiger partial charge on any atom is -0.370 e. The molecule has 0 atom stereocenters. The molecule has 1 rings (SSSR count). The fraction of sp³-hybridized carbons (Fsp3) is 0.375. The van der Waals surface area contributed by atoms with Crippen LogP contribution in [0, 0.1) is 6.92 Å². The van der Waals surface area contributed by atoms with E-state index in [0.29, 0.717) is 12.2 Å². The summed E-state index contributed by atoms with van der Waals surface area (Å²) >= 11 is 0. The minimum absolute atomic E-state index is 0.0139. The zero-order chi connectivity index (χ0) is 10.7. The number of hydrogen-bond acceptors (Lipinski definition) is 3. The van der Waals surface area contributed by atoms with E-state index in [4.69, 9.17) is 11.5 Å². The highest BCUT2D eigenvalue weighted by molar-refractivity contribution is 5.75. The van der Waals surface area contributed by atoms with Gasteiger partial charge in [-0.1, -0.05) is 0 Å². The third-order valence-corrected chi connectivity index (χ3v) is 1.80. The maximum Gasteiger partial charge on any atom is 0.266 e. The lowest BCUT2D eigenvalue weighted by Crippen LogP contribution is -2.24. The van der Waals surface area contributed by atoms with Crippen molar-refractivity contribution >= 4 is 5.96 Å². The molecule has 0 unspecified atom stereocenters. The Bertz CT molecular complexity index is 416. The molecule has 0 aliphatic rings. The smallest absolute Gasteiger partial charge is 0.266 e. The van der Waals surface area contributed by atoms with Gasteiger partial charge in [0.2, 0.25) is 0 Å². The van der Waals surface area contributed by atoms with Gasteiger partial charge >= 0.3 is 0 Å². The molecular formula is C8H13N5O. The Morgan fingerprint density at radius 3 is 2.86 bits per heavy atom. The second kappa shape index (κ2) is 3.91. The number of aryl methyl sites for hydroxylation is 2. The van der Waals surface area contributed by atoms with Crippen molar-refractivity contribution in [1.29, 1.82) is 0 Å². The van der Waals surface area contributed by atoms with Gasteiger partial charge in [-0.05, 0) is 12.5 Å². The molecule has 0 aliphatic carbocycles. The van der Waals surface area contributed by atoms with E-state index in [-0.39, 0.29) is 11.5 Å². The SMILES string of the molecule is Cc1cc(=O)n(C)nc1CN=C(N)N. The van der Waals surface area contributed by atoms with Gasteiger partial charge in [-0.2, -0.15) is 5.10 Å². The first-order chi connectivity index (χ1) is 6.50. The lowest BCUT2D eigenvalue weighted by molar-refractivity contribution is 0.672. The summed E-state index contributed by atoms with van der Waals surface area (Å²) in [6, 6.07) is 1.50. The van der Waals surface area contributed by atoms with E-state index in [1.54, 1.807) is 14.0 Å². The van der Waals surface area contributed by atoms with Gasteiger partial charge in [0.1, 0.15) is 0 Å². The highest BCUT2D eigenvalue weighted by Gasteiger charge is 2.02. The maximum absolute atomic E-state index is 11.1. The molecule has 76 valence electrons. The van der Waals surface area contributed by atoms with Crippen LogP contribution in [0.15, 0.2) is 15.9 Å². The summed E-state index contributed by atoms with van der Waals surface area (Å²) in [5, 5.41) is 4.03. The monoisotopic (exact) mass is 195 g/mol. The van der Waals surface area contributed by atoms with Gasteiger partial charge < -0.3 is 11.5 Å².